The number of carbonyl (C=O) groups excluding carboxylic acids is 1. The third-order valence-electron chi connectivity index (χ3n) is 2.12. The normalized spacial score (nSPS) is 12.2. The van der Waals surface area contributed by atoms with Crippen LogP contribution in [0.1, 0.15) is 19.8 Å². The summed E-state index contributed by atoms with van der Waals surface area (Å²) in [6.07, 6.45) is 1.40. The molecule has 3 nitrogen and oxygen atoms in total. The first-order valence-corrected chi connectivity index (χ1v) is 5.85. The molecule has 0 aliphatic carbocycles. The molecule has 0 bridgehead atoms. The topological polar surface area (TPSA) is 55.1 Å². The van der Waals surface area contributed by atoms with E-state index >= 15 is 0 Å². The van der Waals surface area contributed by atoms with Crippen LogP contribution in [0.2, 0.25) is 0 Å². The molecule has 1 atom stereocenters. The van der Waals surface area contributed by atoms with Crippen molar-refractivity contribution in [1.82, 2.24) is 0 Å². The lowest BCUT2D eigenvalue weighted by Gasteiger charge is -2.11. The molecule has 0 aliphatic heterocycles. The second-order valence-corrected chi connectivity index (χ2v) is 4.42. The summed E-state index contributed by atoms with van der Waals surface area (Å²) in [5.74, 6) is -0.834. The van der Waals surface area contributed by atoms with Crippen LogP contribution in [0.4, 0.5) is 10.1 Å². The third kappa shape index (κ3) is 3.57. The van der Waals surface area contributed by atoms with Gasteiger partial charge in [-0.15, -0.1) is 0 Å². The lowest BCUT2D eigenvalue weighted by Crippen LogP contribution is -2.35. The third-order valence-corrected chi connectivity index (χ3v) is 2.62. The van der Waals surface area contributed by atoms with E-state index in [1.807, 2.05) is 6.92 Å². The molecule has 0 unspecified atom stereocenters. The van der Waals surface area contributed by atoms with E-state index in [9.17, 15) is 9.18 Å². The van der Waals surface area contributed by atoms with Crippen LogP contribution in [-0.2, 0) is 4.79 Å². The Kier molecular flexibility index (Phi) is 4.89. The van der Waals surface area contributed by atoms with Gasteiger partial charge in [0.15, 0.2) is 0 Å². The minimum absolute atomic E-state index is 0.144. The van der Waals surface area contributed by atoms with Crippen molar-refractivity contribution in [3.63, 3.8) is 0 Å². The highest BCUT2D eigenvalue weighted by Gasteiger charge is 2.14. The number of amides is 1. The molecule has 0 saturated carbocycles. The highest BCUT2D eigenvalue weighted by Crippen LogP contribution is 2.20. The monoisotopic (exact) mass is 288 g/mol. The number of hydrogen-bond donors (Lipinski definition) is 2. The smallest absolute Gasteiger partial charge is 0.241 e. The molecule has 1 aromatic rings. The molecule has 0 aromatic heterocycles. The summed E-state index contributed by atoms with van der Waals surface area (Å²) >= 11 is 3.20. The molecular weight excluding hydrogens is 275 g/mol. The molecular formula is C11H14BrFN2O. The van der Waals surface area contributed by atoms with E-state index in [0.29, 0.717) is 10.9 Å². The summed E-state index contributed by atoms with van der Waals surface area (Å²) in [5.41, 5.74) is 5.76. The Bertz CT molecular complexity index is 384. The maximum Gasteiger partial charge on any atom is 0.241 e. The number of anilines is 1. The molecule has 3 N–H and O–H groups in total. The summed E-state index contributed by atoms with van der Waals surface area (Å²) < 4.78 is 14.0. The molecule has 16 heavy (non-hydrogen) atoms. The minimum atomic E-state index is -0.594. The Morgan fingerprint density at radius 3 is 2.94 bits per heavy atom. The molecule has 0 saturated heterocycles. The van der Waals surface area contributed by atoms with E-state index in [-0.39, 0.29) is 11.6 Å². The molecule has 0 fully saturated rings. The van der Waals surface area contributed by atoms with Crippen molar-refractivity contribution in [1.29, 1.82) is 0 Å². The maximum atomic E-state index is 13.3. The minimum Gasteiger partial charge on any atom is -0.322 e. The molecule has 1 aromatic carbocycles. The van der Waals surface area contributed by atoms with Crippen LogP contribution < -0.4 is 11.1 Å². The van der Waals surface area contributed by atoms with Gasteiger partial charge in [-0.2, -0.15) is 0 Å². The van der Waals surface area contributed by atoms with Crippen LogP contribution in [0.25, 0.3) is 0 Å². The Morgan fingerprint density at radius 1 is 1.62 bits per heavy atom. The molecule has 1 amide bonds. The van der Waals surface area contributed by atoms with E-state index in [1.54, 1.807) is 6.07 Å². The SMILES string of the molecule is CCC[C@@H](N)C(=O)Nc1cc(Br)ccc1F. The van der Waals surface area contributed by atoms with Crippen molar-refractivity contribution in [2.45, 2.75) is 25.8 Å². The average molecular weight is 289 g/mol. The molecule has 0 heterocycles. The molecule has 0 aliphatic rings. The first-order chi connectivity index (χ1) is 7.54. The van der Waals surface area contributed by atoms with E-state index in [2.05, 4.69) is 21.2 Å². The summed E-state index contributed by atoms with van der Waals surface area (Å²) in [4.78, 5) is 11.5. The highest BCUT2D eigenvalue weighted by molar-refractivity contribution is 9.10. The van der Waals surface area contributed by atoms with E-state index in [4.69, 9.17) is 5.73 Å². The van der Waals surface area contributed by atoms with Crippen molar-refractivity contribution in [2.24, 2.45) is 5.73 Å². The van der Waals surface area contributed by atoms with Gasteiger partial charge in [0.1, 0.15) is 5.82 Å². The van der Waals surface area contributed by atoms with Gasteiger partial charge < -0.3 is 11.1 Å². The number of carbonyl (C=O) groups is 1. The predicted molar refractivity (Wildman–Crippen MR) is 65.6 cm³/mol. The van der Waals surface area contributed by atoms with E-state index in [0.717, 1.165) is 6.42 Å². The molecule has 0 radical (unpaired) electrons. The fraction of sp³-hybridized carbons (Fsp3) is 0.364. The summed E-state index contributed by atoms with van der Waals surface area (Å²) in [6, 6.07) is 3.76. The Balaban J connectivity index is 2.72. The van der Waals surface area contributed by atoms with Crippen LogP contribution in [0.5, 0.6) is 0 Å². The van der Waals surface area contributed by atoms with E-state index in [1.165, 1.54) is 12.1 Å². The van der Waals surface area contributed by atoms with Crippen molar-refractivity contribution < 1.29 is 9.18 Å². The number of rotatable bonds is 4. The second-order valence-electron chi connectivity index (χ2n) is 3.51. The van der Waals surface area contributed by atoms with Crippen molar-refractivity contribution in [3.8, 4) is 0 Å². The van der Waals surface area contributed by atoms with Crippen LogP contribution in [-0.4, -0.2) is 11.9 Å². The summed E-state index contributed by atoms with van der Waals surface area (Å²) in [5, 5.41) is 2.47. The van der Waals surface area contributed by atoms with Gasteiger partial charge in [0.25, 0.3) is 0 Å². The largest absolute Gasteiger partial charge is 0.322 e. The zero-order valence-electron chi connectivity index (χ0n) is 8.97. The van der Waals surface area contributed by atoms with Crippen LogP contribution in [0.3, 0.4) is 0 Å². The molecule has 88 valence electrons. The Morgan fingerprint density at radius 2 is 2.31 bits per heavy atom. The molecule has 0 spiro atoms. The summed E-state index contributed by atoms with van der Waals surface area (Å²) in [6.45, 7) is 1.94. The van der Waals surface area contributed by atoms with Gasteiger partial charge in [-0.1, -0.05) is 29.3 Å². The van der Waals surface area contributed by atoms with Crippen molar-refractivity contribution in [2.75, 3.05) is 5.32 Å². The van der Waals surface area contributed by atoms with Gasteiger partial charge in [0.05, 0.1) is 11.7 Å². The number of nitrogens with one attached hydrogen (secondary N) is 1. The quantitative estimate of drug-likeness (QED) is 0.895. The van der Waals surface area contributed by atoms with Crippen molar-refractivity contribution >= 4 is 27.5 Å². The number of nitrogens with two attached hydrogens (primary N) is 1. The zero-order valence-corrected chi connectivity index (χ0v) is 10.6. The van der Waals surface area contributed by atoms with Crippen LogP contribution in [0.15, 0.2) is 22.7 Å². The lowest BCUT2D eigenvalue weighted by molar-refractivity contribution is -0.117. The fourth-order valence-corrected chi connectivity index (χ4v) is 1.62. The Labute approximate surface area is 102 Å². The van der Waals surface area contributed by atoms with Gasteiger partial charge in [-0.25, -0.2) is 4.39 Å². The van der Waals surface area contributed by atoms with Crippen LogP contribution in [0, 0.1) is 5.82 Å². The van der Waals surface area contributed by atoms with Gasteiger partial charge in [0.2, 0.25) is 5.91 Å². The number of halogens is 2. The summed E-state index contributed by atoms with van der Waals surface area (Å²) in [7, 11) is 0. The zero-order chi connectivity index (χ0) is 12.1. The predicted octanol–water partition coefficient (Wildman–Crippen LogP) is 2.65. The molecule has 1 rings (SSSR count). The van der Waals surface area contributed by atoms with Gasteiger partial charge in [0, 0.05) is 4.47 Å². The second kappa shape index (κ2) is 5.96. The lowest BCUT2D eigenvalue weighted by atomic mass is 10.1. The van der Waals surface area contributed by atoms with Gasteiger partial charge in [-0.3, -0.25) is 4.79 Å². The highest BCUT2D eigenvalue weighted by atomic mass is 79.9. The Hall–Kier alpha value is -0.940. The standard InChI is InChI=1S/C11H14BrFN2O/c1-2-3-9(14)11(16)15-10-6-7(12)4-5-8(10)13/h4-6,9H,2-3,14H2,1H3,(H,15,16)/t9-/m1/s1. The first kappa shape index (κ1) is 13.1. The van der Waals surface area contributed by atoms with Gasteiger partial charge in [-0.05, 0) is 24.6 Å². The maximum absolute atomic E-state index is 13.3. The number of hydrogen-bond acceptors (Lipinski definition) is 2. The van der Waals surface area contributed by atoms with Crippen LogP contribution >= 0.6 is 15.9 Å². The molecule has 5 heteroatoms. The van der Waals surface area contributed by atoms with E-state index < -0.39 is 11.9 Å². The van der Waals surface area contributed by atoms with Crippen molar-refractivity contribution in [3.05, 3.63) is 28.5 Å². The van der Waals surface area contributed by atoms with Gasteiger partial charge >= 0.3 is 0 Å². The number of benzene rings is 1. The average Bonchev–Trinajstić information content (AvgIpc) is 2.23. The fourth-order valence-electron chi connectivity index (χ4n) is 1.26. The first-order valence-electron chi connectivity index (χ1n) is 5.06.